The van der Waals surface area contributed by atoms with E-state index in [4.69, 9.17) is 21.4 Å². The molecule has 20 heavy (non-hydrogen) atoms. The van der Waals surface area contributed by atoms with Gasteiger partial charge >= 0.3 is 6.09 Å². The fraction of sp³-hybridized carbons (Fsp3) is 0.533. The van der Waals surface area contributed by atoms with Gasteiger partial charge < -0.3 is 15.2 Å². The highest BCUT2D eigenvalue weighted by atomic mass is 35.5. The highest BCUT2D eigenvalue weighted by Gasteiger charge is 2.19. The molecule has 0 fully saturated rings. The second kappa shape index (κ2) is 7.50. The van der Waals surface area contributed by atoms with Crippen molar-refractivity contribution in [2.24, 2.45) is 0 Å². The third-order valence-corrected chi connectivity index (χ3v) is 2.85. The Balaban J connectivity index is 2.60. The van der Waals surface area contributed by atoms with Gasteiger partial charge in [0.1, 0.15) is 5.60 Å². The largest absolute Gasteiger partial charge is 0.444 e. The van der Waals surface area contributed by atoms with Crippen LogP contribution in [0.1, 0.15) is 32.8 Å². The first kappa shape index (κ1) is 16.8. The lowest BCUT2D eigenvalue weighted by molar-refractivity contribution is 0.0497. The second-order valence-electron chi connectivity index (χ2n) is 5.69. The Labute approximate surface area is 125 Å². The molecule has 0 spiro atoms. The highest BCUT2D eigenvalue weighted by Crippen LogP contribution is 2.13. The molecule has 0 aromatic heterocycles. The minimum atomic E-state index is -0.534. The molecule has 2 N–H and O–H groups in total. The number of carbonyl (C=O) groups is 1. The molecule has 5 heteroatoms. The monoisotopic (exact) mass is 299 g/mol. The number of nitrogens with one attached hydrogen (secondary N) is 1. The predicted octanol–water partition coefficient (Wildman–Crippen LogP) is 3.16. The van der Waals surface area contributed by atoms with E-state index in [-0.39, 0.29) is 12.6 Å². The number of amides is 1. The molecule has 1 amide bonds. The Bertz CT molecular complexity index is 426. The summed E-state index contributed by atoms with van der Waals surface area (Å²) in [6.45, 7) is 5.44. The maximum Gasteiger partial charge on any atom is 0.407 e. The van der Waals surface area contributed by atoms with Crippen LogP contribution < -0.4 is 5.32 Å². The lowest BCUT2D eigenvalue weighted by Crippen LogP contribution is -2.40. The van der Waals surface area contributed by atoms with Crippen LogP contribution in [0.2, 0.25) is 5.02 Å². The van der Waals surface area contributed by atoms with E-state index in [9.17, 15) is 4.79 Å². The lowest BCUT2D eigenvalue weighted by Gasteiger charge is -2.23. The summed E-state index contributed by atoms with van der Waals surface area (Å²) in [4.78, 5) is 11.8. The molecule has 0 saturated heterocycles. The fourth-order valence-electron chi connectivity index (χ4n) is 1.76. The number of aliphatic hydroxyl groups is 1. The van der Waals surface area contributed by atoms with Crippen molar-refractivity contribution in [2.75, 3.05) is 6.61 Å². The van der Waals surface area contributed by atoms with Gasteiger partial charge in [-0.2, -0.15) is 0 Å². The first-order valence-electron chi connectivity index (χ1n) is 6.65. The summed E-state index contributed by atoms with van der Waals surface area (Å²) in [5.74, 6) is 0. The van der Waals surface area contributed by atoms with Gasteiger partial charge in [0.05, 0.1) is 0 Å². The van der Waals surface area contributed by atoms with Crippen molar-refractivity contribution < 1.29 is 14.6 Å². The number of carbonyl (C=O) groups excluding carboxylic acids is 1. The van der Waals surface area contributed by atoms with Crippen molar-refractivity contribution in [2.45, 2.75) is 45.3 Å². The molecule has 1 rings (SSSR count). The van der Waals surface area contributed by atoms with E-state index in [1.54, 1.807) is 12.1 Å². The topological polar surface area (TPSA) is 58.6 Å². The smallest absolute Gasteiger partial charge is 0.407 e. The Kier molecular flexibility index (Phi) is 6.30. The molecule has 1 atom stereocenters. The molecule has 1 aromatic carbocycles. The average Bonchev–Trinajstić information content (AvgIpc) is 2.30. The van der Waals surface area contributed by atoms with Gasteiger partial charge in [-0.15, -0.1) is 0 Å². The van der Waals surface area contributed by atoms with Crippen LogP contribution in [0.3, 0.4) is 0 Å². The van der Waals surface area contributed by atoms with Gasteiger partial charge in [-0.05, 0) is 51.3 Å². The van der Waals surface area contributed by atoms with Gasteiger partial charge in [-0.25, -0.2) is 4.79 Å². The molecule has 112 valence electrons. The Morgan fingerprint density at radius 1 is 1.35 bits per heavy atom. The molecular weight excluding hydrogens is 278 g/mol. The van der Waals surface area contributed by atoms with Crippen molar-refractivity contribution in [3.05, 3.63) is 34.9 Å². The zero-order valence-corrected chi connectivity index (χ0v) is 12.9. The van der Waals surface area contributed by atoms with E-state index in [0.717, 1.165) is 5.56 Å². The number of hydrogen-bond acceptors (Lipinski definition) is 3. The van der Waals surface area contributed by atoms with Crippen LogP contribution in [0.5, 0.6) is 0 Å². The Morgan fingerprint density at radius 3 is 2.45 bits per heavy atom. The number of hydrogen-bond donors (Lipinski definition) is 2. The first-order valence-corrected chi connectivity index (χ1v) is 7.03. The van der Waals surface area contributed by atoms with Crippen LogP contribution in [0.15, 0.2) is 24.3 Å². The normalized spacial score (nSPS) is 12.8. The van der Waals surface area contributed by atoms with Crippen LogP contribution in [-0.4, -0.2) is 29.4 Å². The van der Waals surface area contributed by atoms with Gasteiger partial charge in [-0.3, -0.25) is 0 Å². The fourth-order valence-corrected chi connectivity index (χ4v) is 1.89. The first-order chi connectivity index (χ1) is 9.30. The Hall–Kier alpha value is -1.26. The summed E-state index contributed by atoms with van der Waals surface area (Å²) in [7, 11) is 0. The summed E-state index contributed by atoms with van der Waals surface area (Å²) in [5.41, 5.74) is 0.512. The van der Waals surface area contributed by atoms with Crippen molar-refractivity contribution in [1.82, 2.24) is 5.32 Å². The average molecular weight is 300 g/mol. The number of benzene rings is 1. The molecule has 1 aromatic rings. The van der Waals surface area contributed by atoms with Crippen LogP contribution in [0.25, 0.3) is 0 Å². The summed E-state index contributed by atoms with van der Waals surface area (Å²) in [6.07, 6.45) is 0.628. The maximum absolute atomic E-state index is 11.8. The van der Waals surface area contributed by atoms with E-state index < -0.39 is 11.7 Å². The zero-order chi connectivity index (χ0) is 15.2. The number of alkyl carbamates (subject to hydrolysis) is 1. The van der Waals surface area contributed by atoms with E-state index in [1.165, 1.54) is 0 Å². The van der Waals surface area contributed by atoms with E-state index in [0.29, 0.717) is 17.9 Å². The van der Waals surface area contributed by atoms with E-state index >= 15 is 0 Å². The van der Waals surface area contributed by atoms with Gasteiger partial charge in [0.2, 0.25) is 0 Å². The maximum atomic E-state index is 11.8. The minimum absolute atomic E-state index is 0.00799. The molecule has 0 heterocycles. The van der Waals surface area contributed by atoms with Gasteiger partial charge in [-0.1, -0.05) is 23.7 Å². The Morgan fingerprint density at radius 2 is 1.95 bits per heavy atom. The van der Waals surface area contributed by atoms with Gasteiger partial charge in [0.25, 0.3) is 0 Å². The van der Waals surface area contributed by atoms with Crippen LogP contribution in [-0.2, 0) is 11.2 Å². The van der Waals surface area contributed by atoms with Crippen molar-refractivity contribution >= 4 is 17.7 Å². The summed E-state index contributed by atoms with van der Waals surface area (Å²) < 4.78 is 5.22. The number of aliphatic hydroxyl groups excluding tert-OH is 1. The highest BCUT2D eigenvalue weighted by molar-refractivity contribution is 6.30. The van der Waals surface area contributed by atoms with Gasteiger partial charge in [0.15, 0.2) is 0 Å². The zero-order valence-electron chi connectivity index (χ0n) is 12.1. The molecular formula is C15H22ClNO3. The second-order valence-corrected chi connectivity index (χ2v) is 6.12. The number of halogens is 1. The summed E-state index contributed by atoms with van der Waals surface area (Å²) in [5, 5.41) is 12.5. The molecule has 0 aliphatic carbocycles. The van der Waals surface area contributed by atoms with Crippen LogP contribution in [0.4, 0.5) is 4.79 Å². The SMILES string of the molecule is CC(C)(C)OC(=O)N[C@H](CCO)Cc1ccc(Cl)cc1. The molecule has 0 aliphatic heterocycles. The standard InChI is InChI=1S/C15H22ClNO3/c1-15(2,3)20-14(19)17-13(8-9-18)10-11-4-6-12(16)7-5-11/h4-7,13,18H,8-10H2,1-3H3,(H,17,19)/t13-/m1/s1. The van der Waals surface area contributed by atoms with Crippen molar-refractivity contribution in [3.63, 3.8) is 0 Å². The minimum Gasteiger partial charge on any atom is -0.444 e. The molecule has 0 aliphatic rings. The predicted molar refractivity (Wildman–Crippen MR) is 80.0 cm³/mol. The third kappa shape index (κ3) is 6.78. The number of ether oxygens (including phenoxy) is 1. The quantitative estimate of drug-likeness (QED) is 0.878. The molecule has 0 saturated carbocycles. The van der Waals surface area contributed by atoms with Gasteiger partial charge in [0, 0.05) is 17.7 Å². The van der Waals surface area contributed by atoms with E-state index in [1.807, 2.05) is 32.9 Å². The number of rotatable bonds is 5. The third-order valence-electron chi connectivity index (χ3n) is 2.59. The van der Waals surface area contributed by atoms with Crippen LogP contribution >= 0.6 is 11.6 Å². The van der Waals surface area contributed by atoms with Crippen LogP contribution in [0, 0.1) is 0 Å². The van der Waals surface area contributed by atoms with Crippen molar-refractivity contribution in [1.29, 1.82) is 0 Å². The lowest BCUT2D eigenvalue weighted by atomic mass is 10.0. The van der Waals surface area contributed by atoms with E-state index in [2.05, 4.69) is 5.32 Å². The summed E-state index contributed by atoms with van der Waals surface area (Å²) in [6, 6.07) is 7.25. The molecule has 0 unspecified atom stereocenters. The molecule has 4 nitrogen and oxygen atoms in total. The molecule has 0 radical (unpaired) electrons. The van der Waals surface area contributed by atoms with Crippen molar-refractivity contribution in [3.8, 4) is 0 Å². The summed E-state index contributed by atoms with van der Waals surface area (Å²) >= 11 is 5.84. The molecule has 0 bridgehead atoms.